The average Bonchev–Trinajstić information content (AvgIpc) is 1.96. The van der Waals surface area contributed by atoms with Crippen LogP contribution in [0.1, 0.15) is 27.7 Å². The summed E-state index contributed by atoms with van der Waals surface area (Å²) in [5, 5.41) is 10.7. The summed E-state index contributed by atoms with van der Waals surface area (Å²) < 4.78 is 4.87. The van der Waals surface area contributed by atoms with Gasteiger partial charge < -0.3 is 9.84 Å². The maximum absolute atomic E-state index is 11.1. The van der Waals surface area contributed by atoms with Crippen LogP contribution < -0.4 is 5.32 Å². The topological polar surface area (TPSA) is 75.6 Å². The molecule has 0 saturated heterocycles. The maximum Gasteiger partial charge on any atom is 0.412 e. The third-order valence-corrected chi connectivity index (χ3v) is 1.15. The molecule has 0 aliphatic carbocycles. The van der Waals surface area contributed by atoms with Crippen LogP contribution >= 0.6 is 0 Å². The predicted octanol–water partition coefficient (Wildman–Crippen LogP) is 1.50. The number of carbonyl (C=O) groups excluding carboxylic acids is 1. The summed E-state index contributed by atoms with van der Waals surface area (Å²) in [6.45, 7) is 6.61. The summed E-state index contributed by atoms with van der Waals surface area (Å²) >= 11 is 0. The summed E-state index contributed by atoms with van der Waals surface area (Å²) in [7, 11) is 0. The third-order valence-electron chi connectivity index (χ3n) is 1.15. The Hall–Kier alpha value is -1.52. The van der Waals surface area contributed by atoms with E-state index < -0.39 is 17.7 Å². The van der Waals surface area contributed by atoms with E-state index in [0.29, 0.717) is 0 Å². The van der Waals surface area contributed by atoms with Crippen LogP contribution in [0.2, 0.25) is 0 Å². The number of aliphatic carboxylic acids is 1. The molecule has 0 aromatic carbocycles. The van der Waals surface area contributed by atoms with Crippen molar-refractivity contribution in [2.24, 2.45) is 0 Å². The van der Waals surface area contributed by atoms with Crippen molar-refractivity contribution in [3.63, 3.8) is 0 Å². The minimum absolute atomic E-state index is 0.195. The smallest absolute Gasteiger partial charge is 0.412 e. The Morgan fingerprint density at radius 2 is 1.86 bits per heavy atom. The number of allylic oxidation sites excluding steroid dienone is 1. The molecule has 2 N–H and O–H groups in total. The van der Waals surface area contributed by atoms with Crippen LogP contribution in [0.3, 0.4) is 0 Å². The highest BCUT2D eigenvalue weighted by Gasteiger charge is 2.18. The lowest BCUT2D eigenvalue weighted by atomic mass is 10.2. The van der Waals surface area contributed by atoms with Gasteiger partial charge in [0.2, 0.25) is 0 Å². The molecular formula is C9H15NO4. The van der Waals surface area contributed by atoms with Gasteiger partial charge in [0, 0.05) is 0 Å². The highest BCUT2D eigenvalue weighted by Crippen LogP contribution is 2.07. The van der Waals surface area contributed by atoms with Crippen molar-refractivity contribution in [2.45, 2.75) is 33.3 Å². The van der Waals surface area contributed by atoms with Gasteiger partial charge in [-0.2, -0.15) is 0 Å². The van der Waals surface area contributed by atoms with Gasteiger partial charge in [-0.15, -0.1) is 0 Å². The lowest BCUT2D eigenvalue weighted by molar-refractivity contribution is -0.133. The molecule has 0 saturated carbocycles. The van der Waals surface area contributed by atoms with E-state index in [1.807, 2.05) is 0 Å². The number of hydrogen-bond acceptors (Lipinski definition) is 3. The van der Waals surface area contributed by atoms with Crippen molar-refractivity contribution in [3.8, 4) is 0 Å². The Labute approximate surface area is 82.7 Å². The number of carbonyl (C=O) groups is 2. The molecule has 5 nitrogen and oxygen atoms in total. The summed E-state index contributed by atoms with van der Waals surface area (Å²) in [6.07, 6.45) is 0.514. The zero-order valence-corrected chi connectivity index (χ0v) is 8.75. The number of carboxylic acid groups (broad SMARTS) is 1. The van der Waals surface area contributed by atoms with Crippen LogP contribution in [0.4, 0.5) is 4.79 Å². The van der Waals surface area contributed by atoms with Crippen molar-refractivity contribution >= 4 is 12.1 Å². The number of alkyl carbamates (subject to hydrolysis) is 1. The molecule has 0 bridgehead atoms. The fourth-order valence-electron chi connectivity index (χ4n) is 0.663. The molecule has 0 radical (unpaired) electrons. The molecule has 0 spiro atoms. The minimum atomic E-state index is -1.20. The predicted molar refractivity (Wildman–Crippen MR) is 50.8 cm³/mol. The van der Waals surface area contributed by atoms with Crippen LogP contribution in [0, 0.1) is 0 Å². The van der Waals surface area contributed by atoms with Gasteiger partial charge in [-0.05, 0) is 27.7 Å². The van der Waals surface area contributed by atoms with Gasteiger partial charge in [-0.25, -0.2) is 9.59 Å². The van der Waals surface area contributed by atoms with Crippen LogP contribution in [0.15, 0.2) is 11.8 Å². The van der Waals surface area contributed by atoms with E-state index in [9.17, 15) is 9.59 Å². The molecular weight excluding hydrogens is 186 g/mol. The summed E-state index contributed by atoms with van der Waals surface area (Å²) in [6, 6.07) is 0. The molecule has 5 heteroatoms. The zero-order valence-electron chi connectivity index (χ0n) is 8.75. The summed E-state index contributed by atoms with van der Waals surface area (Å²) in [5.41, 5.74) is -0.833. The van der Waals surface area contributed by atoms with E-state index in [-0.39, 0.29) is 5.70 Å². The zero-order chi connectivity index (χ0) is 11.4. The molecule has 0 atom stereocenters. The molecule has 0 heterocycles. The number of hydrogen-bond donors (Lipinski definition) is 2. The van der Waals surface area contributed by atoms with E-state index in [1.165, 1.54) is 13.0 Å². The molecule has 0 aromatic heterocycles. The molecule has 0 aliphatic heterocycles. The van der Waals surface area contributed by atoms with E-state index in [4.69, 9.17) is 9.84 Å². The molecule has 0 fully saturated rings. The first kappa shape index (κ1) is 12.5. The van der Waals surface area contributed by atoms with Crippen LogP contribution in [0.5, 0.6) is 0 Å². The third kappa shape index (κ3) is 5.18. The molecule has 1 amide bonds. The number of rotatable bonds is 2. The highest BCUT2D eigenvalue weighted by atomic mass is 16.6. The van der Waals surface area contributed by atoms with Crippen LogP contribution in [-0.4, -0.2) is 22.8 Å². The minimum Gasteiger partial charge on any atom is -0.477 e. The van der Waals surface area contributed by atoms with Crippen LogP contribution in [-0.2, 0) is 9.53 Å². The van der Waals surface area contributed by atoms with E-state index >= 15 is 0 Å². The van der Waals surface area contributed by atoms with E-state index in [1.54, 1.807) is 20.8 Å². The van der Waals surface area contributed by atoms with E-state index in [2.05, 4.69) is 5.32 Å². The van der Waals surface area contributed by atoms with Crippen molar-refractivity contribution in [1.29, 1.82) is 0 Å². The molecule has 14 heavy (non-hydrogen) atoms. The highest BCUT2D eigenvalue weighted by molar-refractivity contribution is 5.90. The number of amides is 1. The normalized spacial score (nSPS) is 12.1. The molecule has 0 rings (SSSR count). The Balaban J connectivity index is 4.26. The standard InChI is InChI=1S/C9H15NO4/c1-5-6(7(11)12)10-8(13)14-9(2,3)4/h5H,1-4H3,(H,10,13)(H,11,12)/b6-5-. The lowest BCUT2D eigenvalue weighted by Gasteiger charge is -2.19. The lowest BCUT2D eigenvalue weighted by Crippen LogP contribution is -2.34. The fraction of sp³-hybridized carbons (Fsp3) is 0.556. The monoisotopic (exact) mass is 201 g/mol. The van der Waals surface area contributed by atoms with Gasteiger partial charge in [-0.1, -0.05) is 6.08 Å². The van der Waals surface area contributed by atoms with Gasteiger partial charge in [-0.3, -0.25) is 5.32 Å². The fourth-order valence-corrected chi connectivity index (χ4v) is 0.663. The van der Waals surface area contributed by atoms with Gasteiger partial charge in [0.05, 0.1) is 0 Å². The van der Waals surface area contributed by atoms with Gasteiger partial charge in [0.1, 0.15) is 11.3 Å². The largest absolute Gasteiger partial charge is 0.477 e. The van der Waals surface area contributed by atoms with Crippen molar-refractivity contribution in [3.05, 3.63) is 11.8 Å². The molecule has 0 aromatic rings. The first-order chi connectivity index (χ1) is 6.26. The second-order valence-electron chi connectivity index (χ2n) is 3.63. The Morgan fingerprint density at radius 3 is 2.14 bits per heavy atom. The second kappa shape index (κ2) is 4.64. The van der Waals surface area contributed by atoms with Crippen molar-refractivity contribution in [2.75, 3.05) is 0 Å². The van der Waals surface area contributed by atoms with Gasteiger partial charge >= 0.3 is 12.1 Å². The van der Waals surface area contributed by atoms with Gasteiger partial charge in [0.15, 0.2) is 0 Å². The van der Waals surface area contributed by atoms with E-state index in [0.717, 1.165) is 0 Å². The SMILES string of the molecule is C/C=C(\NC(=O)OC(C)(C)C)C(=O)O. The Kier molecular flexibility index (Phi) is 4.14. The maximum atomic E-state index is 11.1. The van der Waals surface area contributed by atoms with Crippen molar-refractivity contribution in [1.82, 2.24) is 5.32 Å². The number of carboxylic acids is 1. The van der Waals surface area contributed by atoms with Crippen molar-refractivity contribution < 1.29 is 19.4 Å². The Bertz CT molecular complexity index is 262. The molecule has 80 valence electrons. The summed E-state index contributed by atoms with van der Waals surface area (Å²) in [5.74, 6) is -1.20. The summed E-state index contributed by atoms with van der Waals surface area (Å²) in [4.78, 5) is 21.6. The first-order valence-corrected chi connectivity index (χ1v) is 4.16. The quantitative estimate of drug-likeness (QED) is 0.664. The number of nitrogens with one attached hydrogen (secondary N) is 1. The van der Waals surface area contributed by atoms with Gasteiger partial charge in [0.25, 0.3) is 0 Å². The average molecular weight is 201 g/mol. The van der Waals surface area contributed by atoms with Crippen LogP contribution in [0.25, 0.3) is 0 Å². The first-order valence-electron chi connectivity index (χ1n) is 4.16. The molecule has 0 aliphatic rings. The molecule has 0 unspecified atom stereocenters. The Morgan fingerprint density at radius 1 is 1.36 bits per heavy atom. The number of ether oxygens (including phenoxy) is 1. The second-order valence-corrected chi connectivity index (χ2v) is 3.63.